The molecule has 0 amide bonds. The number of aliphatic hydroxyl groups excluding tert-OH is 3. The van der Waals surface area contributed by atoms with E-state index in [1.165, 1.54) is 35.2 Å². The average molecular weight is 376 g/mol. The Morgan fingerprint density at radius 2 is 1.93 bits per heavy atom. The fourth-order valence-electron chi connectivity index (χ4n) is 2.95. The van der Waals surface area contributed by atoms with Crippen molar-refractivity contribution < 1.29 is 24.4 Å². The monoisotopic (exact) mass is 376 g/mol. The highest BCUT2D eigenvalue weighted by atomic mass is 19.1. The Hall–Kier alpha value is -2.86. The number of aliphatic hydroxyl groups is 3. The lowest BCUT2D eigenvalue weighted by atomic mass is 10.1. The van der Waals surface area contributed by atoms with Crippen molar-refractivity contribution in [3.63, 3.8) is 0 Å². The molecule has 3 heterocycles. The van der Waals surface area contributed by atoms with Crippen molar-refractivity contribution >= 4 is 28.6 Å². The fraction of sp³-hybridized carbons (Fsp3) is 0.312. The first kappa shape index (κ1) is 17.5. The fourth-order valence-corrected chi connectivity index (χ4v) is 2.95. The van der Waals surface area contributed by atoms with E-state index in [0.29, 0.717) is 5.69 Å². The molecule has 3 aromatic rings. The van der Waals surface area contributed by atoms with Gasteiger partial charge in [-0.3, -0.25) is 4.57 Å². The minimum absolute atomic E-state index is 0.0927. The zero-order valence-electron chi connectivity index (χ0n) is 13.9. The van der Waals surface area contributed by atoms with Crippen molar-refractivity contribution in [2.75, 3.05) is 17.7 Å². The molecule has 142 valence electrons. The SMILES string of the molecule is Nc1nc(Nc2ccc(F)cc2)nc2c1ncn2[C@@H]1O[C@H](CO)[C@@H](O)[C@H]1O. The average Bonchev–Trinajstić information content (AvgIpc) is 3.19. The van der Waals surface area contributed by atoms with Crippen LogP contribution in [0.25, 0.3) is 11.2 Å². The molecule has 0 bridgehead atoms. The van der Waals surface area contributed by atoms with Gasteiger partial charge in [0.2, 0.25) is 5.95 Å². The largest absolute Gasteiger partial charge is 0.394 e. The summed E-state index contributed by atoms with van der Waals surface area (Å²) in [6.45, 7) is -0.449. The van der Waals surface area contributed by atoms with Crippen LogP contribution >= 0.6 is 0 Å². The zero-order chi connectivity index (χ0) is 19.1. The number of imidazole rings is 1. The maximum absolute atomic E-state index is 13.0. The predicted octanol–water partition coefficient (Wildman–Crippen LogP) is -0.0973. The Morgan fingerprint density at radius 3 is 2.59 bits per heavy atom. The van der Waals surface area contributed by atoms with Gasteiger partial charge in [0, 0.05) is 5.69 Å². The molecule has 4 atom stereocenters. The molecule has 1 aliphatic rings. The van der Waals surface area contributed by atoms with E-state index in [-0.39, 0.29) is 28.7 Å². The molecule has 1 aliphatic heterocycles. The summed E-state index contributed by atoms with van der Waals surface area (Å²) in [5.41, 5.74) is 7.05. The van der Waals surface area contributed by atoms with E-state index in [0.717, 1.165) is 0 Å². The molecular weight excluding hydrogens is 359 g/mol. The van der Waals surface area contributed by atoms with Crippen LogP contribution in [-0.2, 0) is 4.74 Å². The molecule has 1 saturated heterocycles. The number of nitrogen functional groups attached to an aromatic ring is 1. The van der Waals surface area contributed by atoms with Gasteiger partial charge in [0.25, 0.3) is 0 Å². The van der Waals surface area contributed by atoms with E-state index in [9.17, 15) is 19.7 Å². The molecule has 2 aromatic heterocycles. The number of nitrogens with zero attached hydrogens (tertiary/aromatic N) is 4. The van der Waals surface area contributed by atoms with Crippen molar-refractivity contribution in [2.24, 2.45) is 0 Å². The number of halogens is 1. The van der Waals surface area contributed by atoms with Gasteiger partial charge >= 0.3 is 0 Å². The second kappa shape index (κ2) is 6.70. The number of anilines is 3. The standard InChI is InChI=1S/C16H17FN6O4/c17-7-1-3-8(4-2-7)20-16-21-13(18)10-14(22-16)23(6-19-10)15-12(26)11(25)9(5-24)27-15/h1-4,6,9,11-12,15,24-26H,5H2,(H3,18,20,21,22)/t9-,11-,12-,15-/m1/s1. The summed E-state index contributed by atoms with van der Waals surface area (Å²) in [7, 11) is 0. The van der Waals surface area contributed by atoms with Crippen molar-refractivity contribution in [3.8, 4) is 0 Å². The molecule has 1 aromatic carbocycles. The molecule has 0 spiro atoms. The molecule has 27 heavy (non-hydrogen) atoms. The Balaban J connectivity index is 1.71. The summed E-state index contributed by atoms with van der Waals surface area (Å²) in [5, 5.41) is 32.3. The quantitative estimate of drug-likeness (QED) is 0.420. The molecule has 0 aliphatic carbocycles. The van der Waals surface area contributed by atoms with Gasteiger partial charge < -0.3 is 31.1 Å². The van der Waals surface area contributed by atoms with Gasteiger partial charge in [-0.05, 0) is 24.3 Å². The third kappa shape index (κ3) is 3.06. The van der Waals surface area contributed by atoms with Crippen LogP contribution in [0.1, 0.15) is 6.23 Å². The Morgan fingerprint density at radius 1 is 1.19 bits per heavy atom. The lowest BCUT2D eigenvalue weighted by Crippen LogP contribution is -2.33. The van der Waals surface area contributed by atoms with E-state index in [2.05, 4.69) is 20.3 Å². The summed E-state index contributed by atoms with van der Waals surface area (Å²) >= 11 is 0. The van der Waals surface area contributed by atoms with Crippen LogP contribution in [0, 0.1) is 5.82 Å². The van der Waals surface area contributed by atoms with E-state index in [1.807, 2.05) is 0 Å². The zero-order valence-corrected chi connectivity index (χ0v) is 13.9. The minimum atomic E-state index is -1.29. The number of nitrogens with two attached hydrogens (primary N) is 1. The number of ether oxygens (including phenoxy) is 1. The van der Waals surface area contributed by atoms with Crippen LogP contribution in [0.5, 0.6) is 0 Å². The summed E-state index contributed by atoms with van der Waals surface area (Å²) < 4.78 is 20.0. The van der Waals surface area contributed by atoms with Gasteiger partial charge in [-0.25, -0.2) is 9.37 Å². The molecule has 0 unspecified atom stereocenters. The number of rotatable bonds is 4. The number of nitrogens with one attached hydrogen (secondary N) is 1. The molecule has 1 fully saturated rings. The van der Waals surface area contributed by atoms with Crippen LogP contribution < -0.4 is 11.1 Å². The summed E-state index contributed by atoms with van der Waals surface area (Å²) in [5.74, 6) is -0.144. The Labute approximate surface area is 152 Å². The smallest absolute Gasteiger partial charge is 0.231 e. The van der Waals surface area contributed by atoms with Crippen LogP contribution in [0.3, 0.4) is 0 Å². The lowest BCUT2D eigenvalue weighted by molar-refractivity contribution is -0.0511. The van der Waals surface area contributed by atoms with Crippen molar-refractivity contribution in [2.45, 2.75) is 24.5 Å². The number of hydrogen-bond acceptors (Lipinski definition) is 9. The Bertz CT molecular complexity index is 965. The van der Waals surface area contributed by atoms with Gasteiger partial charge in [-0.1, -0.05) is 0 Å². The number of aromatic nitrogens is 4. The second-order valence-corrected chi connectivity index (χ2v) is 6.12. The molecular formula is C16H17FN6O4. The first-order valence-corrected chi connectivity index (χ1v) is 8.13. The summed E-state index contributed by atoms with van der Waals surface area (Å²) in [4.78, 5) is 12.6. The highest BCUT2D eigenvalue weighted by Gasteiger charge is 2.44. The third-order valence-electron chi connectivity index (χ3n) is 4.34. The number of hydrogen-bond donors (Lipinski definition) is 5. The van der Waals surface area contributed by atoms with E-state index < -0.39 is 31.1 Å². The predicted molar refractivity (Wildman–Crippen MR) is 92.4 cm³/mol. The van der Waals surface area contributed by atoms with Gasteiger partial charge in [-0.15, -0.1) is 0 Å². The second-order valence-electron chi connectivity index (χ2n) is 6.12. The Kier molecular flexibility index (Phi) is 4.36. The molecule has 10 nitrogen and oxygen atoms in total. The third-order valence-corrected chi connectivity index (χ3v) is 4.34. The molecule has 6 N–H and O–H groups in total. The van der Waals surface area contributed by atoms with E-state index >= 15 is 0 Å². The maximum Gasteiger partial charge on any atom is 0.231 e. The maximum atomic E-state index is 13.0. The van der Waals surface area contributed by atoms with Crippen molar-refractivity contribution in [3.05, 3.63) is 36.4 Å². The van der Waals surface area contributed by atoms with Gasteiger partial charge in [0.1, 0.15) is 29.6 Å². The summed E-state index contributed by atoms with van der Waals surface area (Å²) in [6, 6.07) is 5.60. The molecule has 0 saturated carbocycles. The van der Waals surface area contributed by atoms with Gasteiger partial charge in [-0.2, -0.15) is 9.97 Å². The van der Waals surface area contributed by atoms with Crippen LogP contribution in [0.4, 0.5) is 21.8 Å². The van der Waals surface area contributed by atoms with E-state index in [1.54, 1.807) is 0 Å². The normalized spacial score (nSPS) is 25.2. The number of benzene rings is 1. The highest BCUT2D eigenvalue weighted by molar-refractivity contribution is 5.83. The minimum Gasteiger partial charge on any atom is -0.394 e. The summed E-state index contributed by atoms with van der Waals surface area (Å²) in [6.07, 6.45) is -3.12. The van der Waals surface area contributed by atoms with Gasteiger partial charge in [0.05, 0.1) is 12.9 Å². The molecule has 0 radical (unpaired) electrons. The van der Waals surface area contributed by atoms with Gasteiger partial charge in [0.15, 0.2) is 17.7 Å². The first-order valence-electron chi connectivity index (χ1n) is 8.13. The number of fused-ring (bicyclic) bond motifs is 1. The van der Waals surface area contributed by atoms with Crippen LogP contribution in [0.2, 0.25) is 0 Å². The van der Waals surface area contributed by atoms with Crippen LogP contribution in [0.15, 0.2) is 30.6 Å². The topological polar surface area (TPSA) is 152 Å². The van der Waals surface area contributed by atoms with Crippen LogP contribution in [-0.4, -0.2) is 59.8 Å². The first-order chi connectivity index (χ1) is 13.0. The molecule has 4 rings (SSSR count). The lowest BCUT2D eigenvalue weighted by Gasteiger charge is -2.16. The highest BCUT2D eigenvalue weighted by Crippen LogP contribution is 2.32. The van der Waals surface area contributed by atoms with E-state index in [4.69, 9.17) is 10.5 Å². The van der Waals surface area contributed by atoms with Crippen molar-refractivity contribution in [1.29, 1.82) is 0 Å². The molecule has 11 heteroatoms. The van der Waals surface area contributed by atoms with Crippen molar-refractivity contribution in [1.82, 2.24) is 19.5 Å².